The third-order valence-electron chi connectivity index (χ3n) is 3.71. The summed E-state index contributed by atoms with van der Waals surface area (Å²) in [5.74, 6) is 0.424. The molecule has 2 aromatic rings. The van der Waals surface area contributed by atoms with E-state index in [0.717, 1.165) is 12.8 Å². The van der Waals surface area contributed by atoms with Gasteiger partial charge in [0.05, 0.1) is 0 Å². The highest BCUT2D eigenvalue weighted by atomic mass is 19.1. The van der Waals surface area contributed by atoms with Crippen LogP contribution in [-0.4, -0.2) is 33.3 Å². The second-order valence-corrected chi connectivity index (χ2v) is 6.79. The van der Waals surface area contributed by atoms with Crippen LogP contribution in [0.3, 0.4) is 0 Å². The molecule has 0 N–H and O–H groups in total. The lowest BCUT2D eigenvalue weighted by Gasteiger charge is -2.26. The van der Waals surface area contributed by atoms with Crippen molar-refractivity contribution < 1.29 is 18.4 Å². The highest BCUT2D eigenvalue weighted by molar-refractivity contribution is 5.69. The predicted molar refractivity (Wildman–Crippen MR) is 84.6 cm³/mol. The van der Waals surface area contributed by atoms with E-state index in [1.54, 1.807) is 17.0 Å². The number of hydrogen-bond donors (Lipinski definition) is 0. The molecule has 1 amide bonds. The zero-order chi connectivity index (χ0) is 17.3. The molecule has 1 aliphatic rings. The normalized spacial score (nSPS) is 18.0. The molecule has 1 fully saturated rings. The average molecular weight is 333 g/mol. The first kappa shape index (κ1) is 16.4. The van der Waals surface area contributed by atoms with Crippen LogP contribution in [0.25, 0.3) is 11.4 Å². The minimum Gasteiger partial charge on any atom is -0.444 e. The maximum absolute atomic E-state index is 13.0. The van der Waals surface area contributed by atoms with E-state index in [2.05, 4.69) is 10.1 Å². The Bertz CT molecular complexity index is 721. The van der Waals surface area contributed by atoms with Gasteiger partial charge < -0.3 is 9.26 Å². The Kier molecular flexibility index (Phi) is 4.26. The molecule has 24 heavy (non-hydrogen) atoms. The minimum absolute atomic E-state index is 0.290. The van der Waals surface area contributed by atoms with Gasteiger partial charge in [0.15, 0.2) is 0 Å². The first-order valence-electron chi connectivity index (χ1n) is 7.93. The third kappa shape index (κ3) is 3.55. The van der Waals surface area contributed by atoms with Gasteiger partial charge in [-0.3, -0.25) is 4.90 Å². The number of amides is 1. The summed E-state index contributed by atoms with van der Waals surface area (Å²) < 4.78 is 23.8. The summed E-state index contributed by atoms with van der Waals surface area (Å²) in [7, 11) is 0. The molecular formula is C17H20FN3O3. The van der Waals surface area contributed by atoms with Gasteiger partial charge in [0.1, 0.15) is 17.5 Å². The second-order valence-electron chi connectivity index (χ2n) is 6.79. The summed E-state index contributed by atoms with van der Waals surface area (Å²) in [6, 6.07) is 5.57. The van der Waals surface area contributed by atoms with Gasteiger partial charge >= 0.3 is 6.09 Å². The fraction of sp³-hybridized carbons (Fsp3) is 0.471. The largest absolute Gasteiger partial charge is 0.444 e. The molecule has 6 nitrogen and oxygen atoms in total. The highest BCUT2D eigenvalue weighted by Gasteiger charge is 2.36. The van der Waals surface area contributed by atoms with Crippen LogP contribution in [-0.2, 0) is 4.74 Å². The van der Waals surface area contributed by atoms with Gasteiger partial charge in [0.25, 0.3) is 0 Å². The summed E-state index contributed by atoms with van der Waals surface area (Å²) >= 11 is 0. The molecule has 0 radical (unpaired) electrons. The van der Waals surface area contributed by atoms with Crippen molar-refractivity contribution in [2.75, 3.05) is 6.54 Å². The number of ether oxygens (including phenoxy) is 1. The predicted octanol–water partition coefficient (Wildman–Crippen LogP) is 3.95. The topological polar surface area (TPSA) is 68.5 Å². The lowest BCUT2D eigenvalue weighted by atomic mass is 10.2. The van der Waals surface area contributed by atoms with Gasteiger partial charge in [-0.15, -0.1) is 0 Å². The van der Waals surface area contributed by atoms with Crippen LogP contribution < -0.4 is 0 Å². The highest BCUT2D eigenvalue weighted by Crippen LogP contribution is 2.33. The standard InChI is InChI=1S/C17H20FN3O3/c1-17(2,3)23-16(22)21-10-4-5-13(21)15-19-14(20-24-15)11-6-8-12(18)9-7-11/h6-9,13H,4-5,10H2,1-3H3/t13-/m0/s1. The molecule has 1 aliphatic heterocycles. The van der Waals surface area contributed by atoms with E-state index in [1.165, 1.54) is 12.1 Å². The quantitative estimate of drug-likeness (QED) is 0.832. The molecule has 1 aromatic carbocycles. The zero-order valence-electron chi connectivity index (χ0n) is 14.0. The van der Waals surface area contributed by atoms with Crippen LogP contribution in [0.1, 0.15) is 45.5 Å². The maximum Gasteiger partial charge on any atom is 0.410 e. The number of benzene rings is 1. The minimum atomic E-state index is -0.557. The van der Waals surface area contributed by atoms with Crippen molar-refractivity contribution in [1.29, 1.82) is 0 Å². The van der Waals surface area contributed by atoms with Crippen molar-refractivity contribution in [3.05, 3.63) is 36.0 Å². The van der Waals surface area contributed by atoms with Crippen LogP contribution in [0, 0.1) is 5.82 Å². The lowest BCUT2D eigenvalue weighted by molar-refractivity contribution is 0.0199. The van der Waals surface area contributed by atoms with Crippen LogP contribution in [0.5, 0.6) is 0 Å². The summed E-state index contributed by atoms with van der Waals surface area (Å²) in [6.45, 7) is 6.08. The van der Waals surface area contributed by atoms with E-state index >= 15 is 0 Å². The molecule has 2 heterocycles. The summed E-state index contributed by atoms with van der Waals surface area (Å²) in [5.41, 5.74) is 0.103. The Morgan fingerprint density at radius 1 is 1.33 bits per heavy atom. The van der Waals surface area contributed by atoms with E-state index < -0.39 is 5.60 Å². The van der Waals surface area contributed by atoms with Gasteiger partial charge in [0.2, 0.25) is 11.7 Å². The second kappa shape index (κ2) is 6.22. The van der Waals surface area contributed by atoms with Crippen molar-refractivity contribution in [2.45, 2.75) is 45.3 Å². The third-order valence-corrected chi connectivity index (χ3v) is 3.71. The maximum atomic E-state index is 13.0. The SMILES string of the molecule is CC(C)(C)OC(=O)N1CCC[C@H]1c1nc(-c2ccc(F)cc2)no1. The Balaban J connectivity index is 1.78. The molecule has 7 heteroatoms. The summed E-state index contributed by atoms with van der Waals surface area (Å²) in [6.07, 6.45) is 1.20. The van der Waals surface area contributed by atoms with Gasteiger partial charge in [-0.25, -0.2) is 9.18 Å². The monoisotopic (exact) mass is 333 g/mol. The van der Waals surface area contributed by atoms with Crippen molar-refractivity contribution in [2.24, 2.45) is 0 Å². The van der Waals surface area contributed by atoms with E-state index in [1.807, 2.05) is 20.8 Å². The molecular weight excluding hydrogens is 313 g/mol. The smallest absolute Gasteiger partial charge is 0.410 e. The van der Waals surface area contributed by atoms with Crippen LogP contribution in [0.2, 0.25) is 0 Å². The Morgan fingerprint density at radius 3 is 2.71 bits per heavy atom. The number of rotatable bonds is 2. The fourth-order valence-electron chi connectivity index (χ4n) is 2.65. The molecule has 1 aromatic heterocycles. The average Bonchev–Trinajstić information content (AvgIpc) is 3.15. The van der Waals surface area contributed by atoms with Gasteiger partial charge in [0, 0.05) is 12.1 Å². The molecule has 0 bridgehead atoms. The molecule has 0 unspecified atom stereocenters. The first-order valence-corrected chi connectivity index (χ1v) is 7.93. The lowest BCUT2D eigenvalue weighted by Crippen LogP contribution is -2.36. The van der Waals surface area contributed by atoms with Crippen LogP contribution >= 0.6 is 0 Å². The fourth-order valence-corrected chi connectivity index (χ4v) is 2.65. The molecule has 0 saturated carbocycles. The number of carbonyl (C=O) groups excluding carboxylic acids is 1. The van der Waals surface area contributed by atoms with Crippen molar-refractivity contribution in [1.82, 2.24) is 15.0 Å². The molecule has 128 valence electrons. The van der Waals surface area contributed by atoms with E-state index in [0.29, 0.717) is 23.8 Å². The summed E-state index contributed by atoms with van der Waals surface area (Å²) in [4.78, 5) is 18.3. The van der Waals surface area contributed by atoms with Crippen molar-refractivity contribution >= 4 is 6.09 Å². The first-order chi connectivity index (χ1) is 11.3. The number of carbonyl (C=O) groups is 1. The van der Waals surface area contributed by atoms with Crippen LogP contribution in [0.4, 0.5) is 9.18 Å². The van der Waals surface area contributed by atoms with E-state index in [4.69, 9.17) is 9.26 Å². The molecule has 1 atom stereocenters. The van der Waals surface area contributed by atoms with Gasteiger partial charge in [-0.2, -0.15) is 4.98 Å². The Hall–Kier alpha value is -2.44. The van der Waals surface area contributed by atoms with Gasteiger partial charge in [-0.1, -0.05) is 5.16 Å². The molecule has 0 spiro atoms. The summed E-state index contributed by atoms with van der Waals surface area (Å²) in [5, 5.41) is 3.94. The number of nitrogens with zero attached hydrogens (tertiary/aromatic N) is 3. The van der Waals surface area contributed by atoms with Crippen molar-refractivity contribution in [3.8, 4) is 11.4 Å². The Labute approximate surface area is 139 Å². The van der Waals surface area contributed by atoms with E-state index in [9.17, 15) is 9.18 Å². The Morgan fingerprint density at radius 2 is 2.04 bits per heavy atom. The number of aromatic nitrogens is 2. The number of likely N-dealkylation sites (tertiary alicyclic amines) is 1. The van der Waals surface area contributed by atoms with E-state index in [-0.39, 0.29) is 18.0 Å². The van der Waals surface area contributed by atoms with Crippen molar-refractivity contribution in [3.63, 3.8) is 0 Å². The molecule has 3 rings (SSSR count). The molecule has 0 aliphatic carbocycles. The number of halogens is 1. The molecule has 1 saturated heterocycles. The number of hydrogen-bond acceptors (Lipinski definition) is 5. The van der Waals surface area contributed by atoms with Crippen LogP contribution in [0.15, 0.2) is 28.8 Å². The zero-order valence-corrected chi connectivity index (χ0v) is 14.0. The van der Waals surface area contributed by atoms with Gasteiger partial charge in [-0.05, 0) is 57.9 Å².